The van der Waals surface area contributed by atoms with Crippen molar-refractivity contribution in [1.29, 1.82) is 0 Å². The summed E-state index contributed by atoms with van der Waals surface area (Å²) in [5.74, 6) is 1.35. The molecule has 0 aliphatic heterocycles. The minimum atomic E-state index is -4.43. The van der Waals surface area contributed by atoms with Crippen molar-refractivity contribution in [3.05, 3.63) is 83.4 Å². The van der Waals surface area contributed by atoms with Crippen molar-refractivity contribution in [3.63, 3.8) is 0 Å². The van der Waals surface area contributed by atoms with Crippen LogP contribution in [0.3, 0.4) is 0 Å². The van der Waals surface area contributed by atoms with E-state index in [1.54, 1.807) is 49.6 Å². The molecule has 0 saturated carbocycles. The van der Waals surface area contributed by atoms with E-state index in [-0.39, 0.29) is 18.0 Å². The lowest BCUT2D eigenvalue weighted by molar-refractivity contribution is -0.137. The van der Waals surface area contributed by atoms with Crippen molar-refractivity contribution < 1.29 is 27.4 Å². The van der Waals surface area contributed by atoms with Crippen LogP contribution < -0.4 is 20.1 Å². The maximum atomic E-state index is 13.0. The minimum absolute atomic E-state index is 0.148. The molecule has 0 aliphatic carbocycles. The second kappa shape index (κ2) is 10.2. The summed E-state index contributed by atoms with van der Waals surface area (Å²) < 4.78 is 49.5. The number of carbonyl (C=O) groups is 1. The Kier molecular flexibility index (Phi) is 7.00. The third-order valence-corrected chi connectivity index (χ3v) is 5.57. The predicted octanol–water partition coefficient (Wildman–Crippen LogP) is 6.50. The number of methoxy groups -OCH3 is 2. The first-order valence-electron chi connectivity index (χ1n) is 11.0. The molecule has 6 nitrogen and oxygen atoms in total. The molecule has 0 unspecified atom stereocenters. The van der Waals surface area contributed by atoms with Gasteiger partial charge in [-0.3, -0.25) is 4.79 Å². The fraction of sp³-hybridized carbons (Fsp3) is 0.185. The molecule has 0 radical (unpaired) electrons. The highest BCUT2D eigenvalue weighted by atomic mass is 19.4. The molecular formula is C27H24F3N3O3. The number of pyridine rings is 1. The number of alkyl halides is 3. The average Bonchev–Trinajstić information content (AvgIpc) is 2.84. The van der Waals surface area contributed by atoms with E-state index in [1.165, 1.54) is 13.2 Å². The van der Waals surface area contributed by atoms with E-state index in [4.69, 9.17) is 9.47 Å². The number of benzene rings is 3. The molecule has 4 aromatic rings. The van der Waals surface area contributed by atoms with Gasteiger partial charge in [-0.1, -0.05) is 12.1 Å². The van der Waals surface area contributed by atoms with Gasteiger partial charge in [0, 0.05) is 16.8 Å². The zero-order valence-electron chi connectivity index (χ0n) is 19.9. The molecule has 0 atom stereocenters. The third-order valence-electron chi connectivity index (χ3n) is 5.57. The van der Waals surface area contributed by atoms with Crippen molar-refractivity contribution in [2.45, 2.75) is 19.5 Å². The van der Waals surface area contributed by atoms with Crippen LogP contribution in [0.15, 0.2) is 66.7 Å². The molecule has 0 bridgehead atoms. The maximum Gasteiger partial charge on any atom is 0.416 e. The number of fused-ring (bicyclic) bond motifs is 1. The summed E-state index contributed by atoms with van der Waals surface area (Å²) in [6, 6.07) is 17.3. The van der Waals surface area contributed by atoms with Crippen molar-refractivity contribution >= 4 is 34.0 Å². The molecule has 0 spiro atoms. The molecule has 2 N–H and O–H groups in total. The van der Waals surface area contributed by atoms with Crippen LogP contribution in [0.4, 0.5) is 30.4 Å². The lowest BCUT2D eigenvalue weighted by Gasteiger charge is -2.13. The van der Waals surface area contributed by atoms with Gasteiger partial charge in [0.2, 0.25) is 5.91 Å². The average molecular weight is 496 g/mol. The van der Waals surface area contributed by atoms with E-state index in [0.29, 0.717) is 28.5 Å². The van der Waals surface area contributed by atoms with E-state index in [2.05, 4.69) is 15.6 Å². The monoisotopic (exact) mass is 495 g/mol. The maximum absolute atomic E-state index is 13.0. The largest absolute Gasteiger partial charge is 0.493 e. The molecule has 0 saturated heterocycles. The first-order chi connectivity index (χ1) is 17.2. The molecular weight excluding hydrogens is 471 g/mol. The Balaban J connectivity index is 1.50. The van der Waals surface area contributed by atoms with Crippen LogP contribution in [0.5, 0.6) is 11.5 Å². The Bertz CT molecular complexity index is 1420. The number of aromatic nitrogens is 1. The van der Waals surface area contributed by atoms with Gasteiger partial charge >= 0.3 is 6.18 Å². The topological polar surface area (TPSA) is 72.5 Å². The highest BCUT2D eigenvalue weighted by Gasteiger charge is 2.30. The van der Waals surface area contributed by atoms with Gasteiger partial charge < -0.3 is 20.1 Å². The first-order valence-corrected chi connectivity index (χ1v) is 11.0. The molecule has 0 aliphatic rings. The van der Waals surface area contributed by atoms with E-state index in [0.717, 1.165) is 28.6 Å². The van der Waals surface area contributed by atoms with Gasteiger partial charge in [0.1, 0.15) is 5.82 Å². The zero-order valence-corrected chi connectivity index (χ0v) is 19.9. The Morgan fingerprint density at radius 2 is 1.69 bits per heavy atom. The third kappa shape index (κ3) is 5.68. The highest BCUT2D eigenvalue weighted by Crippen LogP contribution is 2.32. The summed E-state index contributed by atoms with van der Waals surface area (Å²) in [6.07, 6.45) is -4.28. The number of nitrogens with one attached hydrogen (secondary N) is 2. The quantitative estimate of drug-likeness (QED) is 0.306. The fourth-order valence-electron chi connectivity index (χ4n) is 3.84. The summed E-state index contributed by atoms with van der Waals surface area (Å²) in [4.78, 5) is 17.1. The van der Waals surface area contributed by atoms with Crippen molar-refractivity contribution in [1.82, 2.24) is 4.98 Å². The number of nitrogens with zero attached hydrogens (tertiary/aromatic N) is 1. The molecule has 3 aromatic carbocycles. The van der Waals surface area contributed by atoms with Crippen LogP contribution in [-0.2, 0) is 17.4 Å². The van der Waals surface area contributed by atoms with Gasteiger partial charge in [-0.2, -0.15) is 13.2 Å². The summed E-state index contributed by atoms with van der Waals surface area (Å²) in [7, 11) is 3.08. The van der Waals surface area contributed by atoms with E-state index in [9.17, 15) is 18.0 Å². The van der Waals surface area contributed by atoms with Gasteiger partial charge in [0.05, 0.1) is 31.7 Å². The number of amides is 1. The molecule has 36 heavy (non-hydrogen) atoms. The molecule has 4 rings (SSSR count). The van der Waals surface area contributed by atoms with Crippen LogP contribution in [0.25, 0.3) is 10.9 Å². The summed E-state index contributed by atoms with van der Waals surface area (Å²) in [5, 5.41) is 6.64. The van der Waals surface area contributed by atoms with E-state index >= 15 is 0 Å². The Hall–Kier alpha value is -4.27. The van der Waals surface area contributed by atoms with Gasteiger partial charge in [-0.05, 0) is 72.6 Å². The normalized spacial score (nSPS) is 11.3. The molecule has 1 heterocycles. The zero-order chi connectivity index (χ0) is 25.9. The Morgan fingerprint density at radius 3 is 2.42 bits per heavy atom. The van der Waals surface area contributed by atoms with E-state index in [1.807, 2.05) is 13.0 Å². The van der Waals surface area contributed by atoms with Crippen LogP contribution >= 0.6 is 0 Å². The van der Waals surface area contributed by atoms with Gasteiger partial charge in [0.15, 0.2) is 11.5 Å². The Morgan fingerprint density at radius 1 is 0.917 bits per heavy atom. The highest BCUT2D eigenvalue weighted by molar-refractivity contribution is 5.95. The SMILES string of the molecule is COc1ccc(CC(=O)Nc2ccc3nc(Nc4cccc(C(F)(F)F)c4)cc(C)c3c2)cc1OC. The van der Waals surface area contributed by atoms with Crippen molar-refractivity contribution in [2.24, 2.45) is 0 Å². The molecule has 1 amide bonds. The standard InChI is InChI=1S/C27H24F3N3O3/c1-16-11-25(31-19-6-4-5-18(14-19)27(28,29)30)33-22-9-8-20(15-21(16)22)32-26(34)13-17-7-10-23(35-2)24(12-17)36-3/h4-12,14-15H,13H2,1-3H3,(H,31,33)(H,32,34). The number of ether oxygens (including phenoxy) is 2. The van der Waals surface area contributed by atoms with Gasteiger partial charge in [-0.15, -0.1) is 0 Å². The molecule has 186 valence electrons. The fourth-order valence-corrected chi connectivity index (χ4v) is 3.84. The molecule has 0 fully saturated rings. The van der Waals surface area contributed by atoms with Gasteiger partial charge in [-0.25, -0.2) is 4.98 Å². The number of hydrogen-bond donors (Lipinski definition) is 2. The number of rotatable bonds is 7. The van der Waals surface area contributed by atoms with Crippen molar-refractivity contribution in [2.75, 3.05) is 24.9 Å². The first kappa shape index (κ1) is 24.8. The number of hydrogen-bond acceptors (Lipinski definition) is 5. The summed E-state index contributed by atoms with van der Waals surface area (Å²) in [6.45, 7) is 1.87. The minimum Gasteiger partial charge on any atom is -0.493 e. The second-order valence-electron chi connectivity index (χ2n) is 8.17. The number of anilines is 3. The summed E-state index contributed by atoms with van der Waals surface area (Å²) in [5.41, 5.74) is 2.42. The van der Waals surface area contributed by atoms with Crippen LogP contribution in [0.2, 0.25) is 0 Å². The Labute approximate surface area is 206 Å². The molecule has 9 heteroatoms. The number of halogens is 3. The lowest BCUT2D eigenvalue weighted by Crippen LogP contribution is -2.14. The second-order valence-corrected chi connectivity index (χ2v) is 8.17. The summed E-state index contributed by atoms with van der Waals surface area (Å²) >= 11 is 0. The molecule has 1 aromatic heterocycles. The van der Waals surface area contributed by atoms with Crippen LogP contribution in [-0.4, -0.2) is 25.1 Å². The van der Waals surface area contributed by atoms with Crippen molar-refractivity contribution in [3.8, 4) is 11.5 Å². The smallest absolute Gasteiger partial charge is 0.416 e. The number of carbonyl (C=O) groups excluding carboxylic acids is 1. The number of aryl methyl sites for hydroxylation is 1. The predicted molar refractivity (Wildman–Crippen MR) is 133 cm³/mol. The van der Waals surface area contributed by atoms with Gasteiger partial charge in [0.25, 0.3) is 0 Å². The lowest BCUT2D eigenvalue weighted by atomic mass is 10.1. The van der Waals surface area contributed by atoms with Crippen LogP contribution in [0, 0.1) is 6.92 Å². The van der Waals surface area contributed by atoms with Crippen LogP contribution in [0.1, 0.15) is 16.7 Å². The van der Waals surface area contributed by atoms with E-state index < -0.39 is 11.7 Å².